The molecular weight excluding hydrogens is 270 g/mol. The van der Waals surface area contributed by atoms with E-state index in [-0.39, 0.29) is 0 Å². The Balaban J connectivity index is 2.14. The molecule has 0 saturated heterocycles. The molecule has 1 aromatic heterocycles. The number of anilines is 2. The maximum absolute atomic E-state index is 5.96. The number of nitrogens with zero attached hydrogens (tertiary/aromatic N) is 2. The molecule has 0 unspecified atom stereocenters. The van der Waals surface area contributed by atoms with Crippen LogP contribution in [0.15, 0.2) is 23.7 Å². The molecular formula is C15H21N3OS. The van der Waals surface area contributed by atoms with Crippen LogP contribution in [0, 0.1) is 6.92 Å². The second kappa shape index (κ2) is 6.61. The minimum absolute atomic E-state index is 0.709. The Morgan fingerprint density at radius 2 is 2.15 bits per heavy atom. The fourth-order valence-corrected chi connectivity index (χ4v) is 2.74. The molecule has 0 radical (unpaired) electrons. The molecule has 0 fully saturated rings. The molecule has 20 heavy (non-hydrogen) atoms. The van der Waals surface area contributed by atoms with Crippen molar-refractivity contribution in [2.24, 2.45) is 0 Å². The fourth-order valence-electron chi connectivity index (χ4n) is 1.91. The molecule has 5 heteroatoms. The van der Waals surface area contributed by atoms with Gasteiger partial charge in [0.25, 0.3) is 0 Å². The first-order chi connectivity index (χ1) is 9.60. The van der Waals surface area contributed by atoms with Gasteiger partial charge in [0.05, 0.1) is 24.4 Å². The molecule has 0 aliphatic heterocycles. The topological polar surface area (TPSA) is 51.4 Å². The smallest absolute Gasteiger partial charge is 0.123 e. The van der Waals surface area contributed by atoms with Gasteiger partial charge in [0, 0.05) is 35.4 Å². The van der Waals surface area contributed by atoms with Gasteiger partial charge >= 0.3 is 0 Å². The van der Waals surface area contributed by atoms with Gasteiger partial charge in [0.15, 0.2) is 0 Å². The van der Waals surface area contributed by atoms with Gasteiger partial charge in [-0.05, 0) is 19.4 Å². The molecule has 108 valence electrons. The van der Waals surface area contributed by atoms with E-state index in [1.54, 1.807) is 11.3 Å². The maximum Gasteiger partial charge on any atom is 0.123 e. The highest BCUT2D eigenvalue weighted by Crippen LogP contribution is 2.27. The first kappa shape index (κ1) is 14.7. The van der Waals surface area contributed by atoms with Crippen LogP contribution in [0.1, 0.15) is 23.9 Å². The third kappa shape index (κ3) is 3.63. The van der Waals surface area contributed by atoms with Crippen LogP contribution in [0.5, 0.6) is 5.75 Å². The standard InChI is InChI=1S/C15H21N3OS/c1-4-5-19-14-7-12(16)6-13(8-14)18(3)9-15-11(2)17-10-20-15/h6-8,10H,4-5,9,16H2,1-3H3. The fraction of sp³-hybridized carbons (Fsp3) is 0.400. The Morgan fingerprint density at radius 3 is 2.80 bits per heavy atom. The normalized spacial score (nSPS) is 10.6. The molecule has 0 bridgehead atoms. The monoisotopic (exact) mass is 291 g/mol. The lowest BCUT2D eigenvalue weighted by Crippen LogP contribution is -2.16. The summed E-state index contributed by atoms with van der Waals surface area (Å²) in [6.45, 7) is 5.66. The SMILES string of the molecule is CCCOc1cc(N)cc(N(C)Cc2scnc2C)c1. The van der Waals surface area contributed by atoms with Crippen molar-refractivity contribution in [1.82, 2.24) is 4.98 Å². The zero-order valence-electron chi connectivity index (χ0n) is 12.2. The highest BCUT2D eigenvalue weighted by atomic mass is 32.1. The van der Waals surface area contributed by atoms with Gasteiger partial charge in [0.2, 0.25) is 0 Å². The van der Waals surface area contributed by atoms with Crippen LogP contribution in [0.3, 0.4) is 0 Å². The van der Waals surface area contributed by atoms with Gasteiger partial charge < -0.3 is 15.4 Å². The molecule has 0 spiro atoms. The predicted molar refractivity (Wildman–Crippen MR) is 85.6 cm³/mol. The van der Waals surface area contributed by atoms with Crippen molar-refractivity contribution >= 4 is 22.7 Å². The van der Waals surface area contributed by atoms with Gasteiger partial charge in [-0.25, -0.2) is 4.98 Å². The van der Waals surface area contributed by atoms with Crippen LogP contribution in [0.25, 0.3) is 0 Å². The summed E-state index contributed by atoms with van der Waals surface area (Å²) in [5.74, 6) is 0.828. The van der Waals surface area contributed by atoms with Crippen LogP contribution < -0.4 is 15.4 Å². The Kier molecular flexibility index (Phi) is 4.84. The van der Waals surface area contributed by atoms with E-state index in [0.717, 1.165) is 35.8 Å². The van der Waals surface area contributed by atoms with Crippen LogP contribution >= 0.6 is 11.3 Å². The Hall–Kier alpha value is -1.75. The Labute approximate surface area is 124 Å². The molecule has 4 nitrogen and oxygen atoms in total. The second-order valence-corrected chi connectivity index (χ2v) is 5.77. The number of nitrogen functional groups attached to an aromatic ring is 1. The first-order valence-electron chi connectivity index (χ1n) is 6.73. The van der Waals surface area contributed by atoms with E-state index in [9.17, 15) is 0 Å². The number of hydrogen-bond acceptors (Lipinski definition) is 5. The molecule has 0 atom stereocenters. The summed E-state index contributed by atoms with van der Waals surface area (Å²) < 4.78 is 5.67. The molecule has 0 amide bonds. The summed E-state index contributed by atoms with van der Waals surface area (Å²) in [7, 11) is 2.05. The van der Waals surface area contributed by atoms with Crippen LogP contribution in [0.2, 0.25) is 0 Å². The average Bonchev–Trinajstić information content (AvgIpc) is 2.81. The number of thiazole rings is 1. The van der Waals surface area contributed by atoms with Crippen molar-refractivity contribution in [3.8, 4) is 5.75 Å². The van der Waals surface area contributed by atoms with E-state index in [2.05, 4.69) is 23.9 Å². The zero-order valence-corrected chi connectivity index (χ0v) is 13.0. The minimum Gasteiger partial charge on any atom is -0.493 e. The molecule has 2 rings (SSSR count). The van der Waals surface area contributed by atoms with Crippen molar-refractivity contribution in [3.63, 3.8) is 0 Å². The molecule has 0 aliphatic carbocycles. The van der Waals surface area contributed by atoms with Gasteiger partial charge in [-0.15, -0.1) is 11.3 Å². The third-order valence-electron chi connectivity index (χ3n) is 3.05. The summed E-state index contributed by atoms with van der Waals surface area (Å²) in [6.07, 6.45) is 0.986. The van der Waals surface area contributed by atoms with E-state index in [4.69, 9.17) is 10.5 Å². The van der Waals surface area contributed by atoms with E-state index < -0.39 is 0 Å². The molecule has 0 aliphatic rings. The first-order valence-corrected chi connectivity index (χ1v) is 7.61. The summed E-state index contributed by atoms with van der Waals surface area (Å²) in [4.78, 5) is 7.71. The van der Waals surface area contributed by atoms with Crippen LogP contribution in [0.4, 0.5) is 11.4 Å². The molecule has 1 heterocycles. The third-order valence-corrected chi connectivity index (χ3v) is 3.97. The van der Waals surface area contributed by atoms with Crippen molar-refractivity contribution in [2.75, 3.05) is 24.3 Å². The number of hydrogen-bond donors (Lipinski definition) is 1. The van der Waals surface area contributed by atoms with Crippen LogP contribution in [-0.2, 0) is 6.54 Å². The molecule has 2 aromatic rings. The number of aromatic nitrogens is 1. The van der Waals surface area contributed by atoms with Crippen molar-refractivity contribution < 1.29 is 4.74 Å². The van der Waals surface area contributed by atoms with Gasteiger partial charge in [-0.1, -0.05) is 6.92 Å². The minimum atomic E-state index is 0.709. The highest BCUT2D eigenvalue weighted by molar-refractivity contribution is 7.09. The largest absolute Gasteiger partial charge is 0.493 e. The lowest BCUT2D eigenvalue weighted by atomic mass is 10.2. The van der Waals surface area contributed by atoms with E-state index in [1.165, 1.54) is 4.88 Å². The summed E-state index contributed by atoms with van der Waals surface area (Å²) in [5, 5.41) is 0. The van der Waals surface area contributed by atoms with E-state index in [1.807, 2.05) is 30.6 Å². The van der Waals surface area contributed by atoms with Gasteiger partial charge in [-0.3, -0.25) is 0 Å². The maximum atomic E-state index is 5.96. The van der Waals surface area contributed by atoms with E-state index >= 15 is 0 Å². The number of nitrogens with two attached hydrogens (primary N) is 1. The molecule has 0 saturated carbocycles. The number of benzene rings is 1. The highest BCUT2D eigenvalue weighted by Gasteiger charge is 2.09. The number of ether oxygens (including phenoxy) is 1. The summed E-state index contributed by atoms with van der Waals surface area (Å²) in [6, 6.07) is 5.86. The zero-order chi connectivity index (χ0) is 14.5. The lowest BCUT2D eigenvalue weighted by Gasteiger charge is -2.20. The quantitative estimate of drug-likeness (QED) is 0.828. The number of aryl methyl sites for hydroxylation is 1. The van der Waals surface area contributed by atoms with Gasteiger partial charge in [-0.2, -0.15) is 0 Å². The summed E-state index contributed by atoms with van der Waals surface area (Å²) in [5.41, 5.74) is 10.7. The molecule has 1 aromatic carbocycles. The van der Waals surface area contributed by atoms with Crippen molar-refractivity contribution in [3.05, 3.63) is 34.3 Å². The lowest BCUT2D eigenvalue weighted by molar-refractivity contribution is 0.317. The summed E-state index contributed by atoms with van der Waals surface area (Å²) >= 11 is 1.68. The van der Waals surface area contributed by atoms with Crippen molar-refractivity contribution in [1.29, 1.82) is 0 Å². The Morgan fingerprint density at radius 1 is 1.35 bits per heavy atom. The second-order valence-electron chi connectivity index (χ2n) is 4.83. The van der Waals surface area contributed by atoms with Crippen LogP contribution in [-0.4, -0.2) is 18.6 Å². The predicted octanol–water partition coefficient (Wildman–Crippen LogP) is 3.46. The average molecular weight is 291 g/mol. The van der Waals surface area contributed by atoms with E-state index in [0.29, 0.717) is 6.61 Å². The molecule has 2 N–H and O–H groups in total. The number of rotatable bonds is 6. The Bertz CT molecular complexity index is 568. The van der Waals surface area contributed by atoms with Gasteiger partial charge in [0.1, 0.15) is 5.75 Å². The van der Waals surface area contributed by atoms with Crippen molar-refractivity contribution in [2.45, 2.75) is 26.8 Å².